The molecule has 0 aliphatic carbocycles. The van der Waals surface area contributed by atoms with Crippen LogP contribution in [-0.4, -0.2) is 34.4 Å². The molecule has 1 aliphatic rings. The second-order valence-electron chi connectivity index (χ2n) is 2.87. The second-order valence-corrected chi connectivity index (χ2v) is 2.87. The van der Waals surface area contributed by atoms with Crippen LogP contribution in [0, 0.1) is 0 Å². The molecule has 1 saturated heterocycles. The van der Waals surface area contributed by atoms with Crippen LogP contribution in [0.15, 0.2) is 6.07 Å². The molecule has 0 unspecified atom stereocenters. The number of aromatic carboxylic acids is 1. The smallest absolute Gasteiger partial charge is 0.356 e. The molecule has 2 heterocycles. The molecule has 64 valence electrons. The van der Waals surface area contributed by atoms with Gasteiger partial charge in [0.1, 0.15) is 0 Å². The number of aromatic nitrogens is 2. The zero-order valence-corrected chi connectivity index (χ0v) is 6.37. The Kier molecular flexibility index (Phi) is 1.58. The Morgan fingerprint density at radius 2 is 2.42 bits per heavy atom. The first-order chi connectivity index (χ1) is 5.77. The maximum Gasteiger partial charge on any atom is 0.356 e. The normalized spacial score (nSPS) is 17.3. The number of carboxylic acid groups (broad SMARTS) is 1. The first-order valence-electron chi connectivity index (χ1n) is 3.76. The standard InChI is InChI=1S/C7H9N3O2/c11-7(12)6-1-5(9-10-6)4-2-8-3-4/h1,4,8H,2-3H2,(H,9,10)(H,11,12). The minimum atomic E-state index is -0.982. The van der Waals surface area contributed by atoms with E-state index in [2.05, 4.69) is 15.5 Å². The second kappa shape index (κ2) is 2.60. The van der Waals surface area contributed by atoms with Gasteiger partial charge in [-0.2, -0.15) is 5.10 Å². The van der Waals surface area contributed by atoms with E-state index in [4.69, 9.17) is 5.11 Å². The van der Waals surface area contributed by atoms with Gasteiger partial charge in [0, 0.05) is 24.7 Å². The van der Waals surface area contributed by atoms with Crippen molar-refractivity contribution in [1.82, 2.24) is 15.5 Å². The minimum absolute atomic E-state index is 0.0944. The van der Waals surface area contributed by atoms with Crippen molar-refractivity contribution in [3.05, 3.63) is 17.5 Å². The lowest BCUT2D eigenvalue weighted by Crippen LogP contribution is -2.40. The predicted molar refractivity (Wildman–Crippen MR) is 41.2 cm³/mol. The Hall–Kier alpha value is -1.36. The molecule has 0 aromatic carbocycles. The summed E-state index contributed by atoms with van der Waals surface area (Å²) in [4.78, 5) is 10.4. The summed E-state index contributed by atoms with van der Waals surface area (Å²) in [5.41, 5.74) is 1.00. The molecule has 2 rings (SSSR count). The number of aromatic amines is 1. The fourth-order valence-corrected chi connectivity index (χ4v) is 1.16. The molecular weight excluding hydrogens is 158 g/mol. The van der Waals surface area contributed by atoms with Crippen LogP contribution in [0.2, 0.25) is 0 Å². The summed E-state index contributed by atoms with van der Waals surface area (Å²) in [6.45, 7) is 1.81. The zero-order valence-electron chi connectivity index (χ0n) is 6.37. The highest BCUT2D eigenvalue weighted by atomic mass is 16.4. The zero-order chi connectivity index (χ0) is 8.55. The Labute approximate surface area is 68.8 Å². The van der Waals surface area contributed by atoms with E-state index < -0.39 is 5.97 Å². The van der Waals surface area contributed by atoms with Crippen molar-refractivity contribution in [3.63, 3.8) is 0 Å². The first kappa shape index (κ1) is 7.30. The molecule has 5 nitrogen and oxygen atoms in total. The topological polar surface area (TPSA) is 78.0 Å². The lowest BCUT2D eigenvalue weighted by molar-refractivity contribution is 0.0690. The van der Waals surface area contributed by atoms with E-state index in [9.17, 15) is 4.79 Å². The molecule has 0 spiro atoms. The van der Waals surface area contributed by atoms with Crippen molar-refractivity contribution >= 4 is 5.97 Å². The molecule has 0 radical (unpaired) electrons. The summed E-state index contributed by atoms with van der Waals surface area (Å²) in [6.07, 6.45) is 0. The van der Waals surface area contributed by atoms with E-state index in [1.165, 1.54) is 0 Å². The Balaban J connectivity index is 2.17. The van der Waals surface area contributed by atoms with Crippen molar-refractivity contribution < 1.29 is 9.90 Å². The Morgan fingerprint density at radius 1 is 1.67 bits per heavy atom. The van der Waals surface area contributed by atoms with Crippen LogP contribution in [-0.2, 0) is 0 Å². The highest BCUT2D eigenvalue weighted by Crippen LogP contribution is 2.17. The molecule has 1 aromatic rings. The van der Waals surface area contributed by atoms with Gasteiger partial charge in [-0.3, -0.25) is 5.10 Å². The molecule has 12 heavy (non-hydrogen) atoms. The number of rotatable bonds is 2. The summed E-state index contributed by atoms with van der Waals surface area (Å²) >= 11 is 0. The van der Waals surface area contributed by atoms with Gasteiger partial charge in [0.2, 0.25) is 0 Å². The van der Waals surface area contributed by atoms with Crippen LogP contribution >= 0.6 is 0 Å². The molecule has 1 aromatic heterocycles. The molecule has 0 amide bonds. The first-order valence-corrected chi connectivity index (χ1v) is 3.76. The van der Waals surface area contributed by atoms with Crippen molar-refractivity contribution in [2.24, 2.45) is 0 Å². The Morgan fingerprint density at radius 3 is 2.83 bits per heavy atom. The lowest BCUT2D eigenvalue weighted by Gasteiger charge is -2.25. The van der Waals surface area contributed by atoms with E-state index in [1.54, 1.807) is 6.07 Å². The average molecular weight is 167 g/mol. The van der Waals surface area contributed by atoms with Gasteiger partial charge in [-0.1, -0.05) is 0 Å². The molecule has 0 bridgehead atoms. The summed E-state index contributed by atoms with van der Waals surface area (Å²) in [7, 11) is 0. The van der Waals surface area contributed by atoms with Gasteiger partial charge < -0.3 is 10.4 Å². The largest absolute Gasteiger partial charge is 0.476 e. The van der Waals surface area contributed by atoms with Crippen molar-refractivity contribution in [2.45, 2.75) is 5.92 Å². The lowest BCUT2D eigenvalue weighted by atomic mass is 9.99. The monoisotopic (exact) mass is 167 g/mol. The van der Waals surface area contributed by atoms with Crippen LogP contribution in [0.1, 0.15) is 22.1 Å². The number of nitrogens with one attached hydrogen (secondary N) is 2. The number of nitrogens with zero attached hydrogens (tertiary/aromatic N) is 1. The number of H-pyrrole nitrogens is 1. The van der Waals surface area contributed by atoms with Gasteiger partial charge in [0.25, 0.3) is 0 Å². The quantitative estimate of drug-likeness (QED) is 0.569. The SMILES string of the molecule is O=C(O)c1cc(C2CNC2)[nH]n1. The molecule has 0 atom stereocenters. The van der Waals surface area contributed by atoms with Gasteiger partial charge >= 0.3 is 5.97 Å². The van der Waals surface area contributed by atoms with Crippen molar-refractivity contribution in [1.29, 1.82) is 0 Å². The van der Waals surface area contributed by atoms with E-state index in [0.29, 0.717) is 5.92 Å². The van der Waals surface area contributed by atoms with Crippen LogP contribution in [0.3, 0.4) is 0 Å². The fourth-order valence-electron chi connectivity index (χ4n) is 1.16. The Bertz CT molecular complexity index is 303. The molecule has 1 aliphatic heterocycles. The third kappa shape index (κ3) is 1.08. The van der Waals surface area contributed by atoms with Gasteiger partial charge in [-0.05, 0) is 6.07 Å². The third-order valence-corrected chi connectivity index (χ3v) is 2.04. The summed E-state index contributed by atoms with van der Waals surface area (Å²) in [6, 6.07) is 1.59. The fraction of sp³-hybridized carbons (Fsp3) is 0.429. The summed E-state index contributed by atoms with van der Waals surface area (Å²) in [5.74, 6) is -0.574. The maximum absolute atomic E-state index is 10.4. The maximum atomic E-state index is 10.4. The van der Waals surface area contributed by atoms with Crippen LogP contribution in [0.4, 0.5) is 0 Å². The van der Waals surface area contributed by atoms with Gasteiger partial charge in [0.05, 0.1) is 0 Å². The summed E-state index contributed by atoms with van der Waals surface area (Å²) in [5, 5.41) is 18.1. The van der Waals surface area contributed by atoms with Gasteiger partial charge in [0.15, 0.2) is 5.69 Å². The molecule has 1 fully saturated rings. The van der Waals surface area contributed by atoms with Crippen LogP contribution in [0.25, 0.3) is 0 Å². The number of carbonyl (C=O) groups is 1. The van der Waals surface area contributed by atoms with Crippen molar-refractivity contribution in [3.8, 4) is 0 Å². The third-order valence-electron chi connectivity index (χ3n) is 2.04. The number of carboxylic acids is 1. The van der Waals surface area contributed by atoms with E-state index in [0.717, 1.165) is 18.8 Å². The van der Waals surface area contributed by atoms with Crippen molar-refractivity contribution in [2.75, 3.05) is 13.1 Å². The average Bonchev–Trinajstić information content (AvgIpc) is 2.32. The molecule has 5 heteroatoms. The number of hydrogen-bond donors (Lipinski definition) is 3. The molecular formula is C7H9N3O2. The number of hydrogen-bond acceptors (Lipinski definition) is 3. The van der Waals surface area contributed by atoms with E-state index >= 15 is 0 Å². The molecule has 3 N–H and O–H groups in total. The van der Waals surface area contributed by atoms with Crippen LogP contribution < -0.4 is 5.32 Å². The summed E-state index contributed by atoms with van der Waals surface area (Å²) < 4.78 is 0. The highest BCUT2D eigenvalue weighted by Gasteiger charge is 2.21. The van der Waals surface area contributed by atoms with Gasteiger partial charge in [-0.25, -0.2) is 4.79 Å². The predicted octanol–water partition coefficient (Wildman–Crippen LogP) is -0.205. The van der Waals surface area contributed by atoms with Gasteiger partial charge in [-0.15, -0.1) is 0 Å². The highest BCUT2D eigenvalue weighted by molar-refractivity contribution is 5.85. The van der Waals surface area contributed by atoms with E-state index in [-0.39, 0.29) is 5.69 Å². The minimum Gasteiger partial charge on any atom is -0.476 e. The van der Waals surface area contributed by atoms with E-state index in [1.807, 2.05) is 0 Å². The van der Waals surface area contributed by atoms with Crippen LogP contribution in [0.5, 0.6) is 0 Å². The molecule has 0 saturated carbocycles.